The van der Waals surface area contributed by atoms with Gasteiger partial charge in [-0.05, 0) is 56.9 Å². The predicted molar refractivity (Wildman–Crippen MR) is 79.7 cm³/mol. The van der Waals surface area contributed by atoms with Crippen molar-refractivity contribution < 1.29 is 0 Å². The Morgan fingerprint density at radius 1 is 1.26 bits per heavy atom. The average Bonchev–Trinajstić information content (AvgIpc) is 2.72. The zero-order valence-electron chi connectivity index (χ0n) is 12.3. The van der Waals surface area contributed by atoms with Crippen LogP contribution in [0.25, 0.3) is 5.69 Å². The summed E-state index contributed by atoms with van der Waals surface area (Å²) in [6.45, 7) is 8.41. The molecule has 1 aromatic carbocycles. The number of imidazole rings is 1. The number of nitrogens with zero attached hydrogens (tertiary/aromatic N) is 2. The smallest absolute Gasteiger partial charge is 0.0997 e. The monoisotopic (exact) mass is 257 g/mol. The molecule has 2 aromatic rings. The maximum atomic E-state index is 6.04. The minimum atomic E-state index is 0.252. The third-order valence-electron chi connectivity index (χ3n) is 3.86. The lowest BCUT2D eigenvalue weighted by molar-refractivity contribution is 0.644. The van der Waals surface area contributed by atoms with Crippen LogP contribution < -0.4 is 5.73 Å². The Morgan fingerprint density at radius 2 is 2.00 bits per heavy atom. The van der Waals surface area contributed by atoms with E-state index in [1.54, 1.807) is 0 Å². The van der Waals surface area contributed by atoms with E-state index in [0.717, 1.165) is 18.5 Å². The van der Waals surface area contributed by atoms with Crippen molar-refractivity contribution in [2.24, 2.45) is 5.73 Å². The van der Waals surface area contributed by atoms with Crippen LogP contribution in [0, 0.1) is 20.8 Å². The third kappa shape index (κ3) is 2.87. The van der Waals surface area contributed by atoms with Gasteiger partial charge >= 0.3 is 0 Å². The van der Waals surface area contributed by atoms with Crippen LogP contribution in [0.4, 0.5) is 0 Å². The molecular weight excluding hydrogens is 234 g/mol. The number of hydrogen-bond acceptors (Lipinski definition) is 2. The minimum Gasteiger partial charge on any atom is -0.327 e. The van der Waals surface area contributed by atoms with E-state index in [1.165, 1.54) is 22.5 Å². The van der Waals surface area contributed by atoms with Gasteiger partial charge in [-0.25, -0.2) is 4.98 Å². The van der Waals surface area contributed by atoms with Gasteiger partial charge in [-0.3, -0.25) is 0 Å². The van der Waals surface area contributed by atoms with E-state index in [2.05, 4.69) is 48.5 Å². The standard InChI is InChI=1S/C16H23N3/c1-5-15(17)9-14-6-7-16(8-11(14)2)19-10-18-12(3)13(19)4/h6-8,10,15H,5,9,17H2,1-4H3. The number of benzene rings is 1. The summed E-state index contributed by atoms with van der Waals surface area (Å²) in [6.07, 6.45) is 3.85. The molecule has 2 N–H and O–H groups in total. The summed E-state index contributed by atoms with van der Waals surface area (Å²) in [6, 6.07) is 6.81. The van der Waals surface area contributed by atoms with Gasteiger partial charge < -0.3 is 10.3 Å². The molecule has 0 radical (unpaired) electrons. The van der Waals surface area contributed by atoms with Gasteiger partial charge in [-0.1, -0.05) is 13.0 Å². The van der Waals surface area contributed by atoms with Crippen molar-refractivity contribution in [2.45, 2.75) is 46.6 Å². The normalized spacial score (nSPS) is 12.7. The Labute approximate surface area is 115 Å². The Hall–Kier alpha value is -1.61. The fourth-order valence-electron chi connectivity index (χ4n) is 2.24. The van der Waals surface area contributed by atoms with Crippen LogP contribution in [0.3, 0.4) is 0 Å². The molecule has 19 heavy (non-hydrogen) atoms. The lowest BCUT2D eigenvalue weighted by Gasteiger charge is -2.13. The molecule has 0 aliphatic rings. The van der Waals surface area contributed by atoms with Crippen LogP contribution in [0.2, 0.25) is 0 Å². The zero-order valence-corrected chi connectivity index (χ0v) is 12.3. The highest BCUT2D eigenvalue weighted by Crippen LogP contribution is 2.19. The molecule has 102 valence electrons. The van der Waals surface area contributed by atoms with Crippen LogP contribution >= 0.6 is 0 Å². The Morgan fingerprint density at radius 3 is 2.53 bits per heavy atom. The average molecular weight is 257 g/mol. The van der Waals surface area contributed by atoms with Gasteiger partial charge in [0.25, 0.3) is 0 Å². The lowest BCUT2D eigenvalue weighted by Crippen LogP contribution is -2.21. The summed E-state index contributed by atoms with van der Waals surface area (Å²) >= 11 is 0. The summed E-state index contributed by atoms with van der Waals surface area (Å²) in [5, 5.41) is 0. The predicted octanol–water partition coefficient (Wildman–Crippen LogP) is 3.08. The molecule has 0 spiro atoms. The van der Waals surface area contributed by atoms with Crippen molar-refractivity contribution in [3.63, 3.8) is 0 Å². The minimum absolute atomic E-state index is 0.252. The number of aryl methyl sites for hydroxylation is 2. The molecule has 0 saturated heterocycles. The summed E-state index contributed by atoms with van der Waals surface area (Å²) < 4.78 is 2.13. The van der Waals surface area contributed by atoms with Crippen LogP contribution in [0.15, 0.2) is 24.5 Å². The molecule has 0 amide bonds. The second kappa shape index (κ2) is 5.57. The van der Waals surface area contributed by atoms with Crippen molar-refractivity contribution in [2.75, 3.05) is 0 Å². The molecule has 1 atom stereocenters. The lowest BCUT2D eigenvalue weighted by atomic mass is 9.99. The number of nitrogens with two attached hydrogens (primary N) is 1. The summed E-state index contributed by atoms with van der Waals surface area (Å²) in [7, 11) is 0. The Balaban J connectivity index is 2.31. The van der Waals surface area contributed by atoms with Crippen LogP contribution in [-0.4, -0.2) is 15.6 Å². The van der Waals surface area contributed by atoms with Crippen molar-refractivity contribution in [1.82, 2.24) is 9.55 Å². The first-order valence-electron chi connectivity index (χ1n) is 6.89. The first-order valence-corrected chi connectivity index (χ1v) is 6.89. The van der Waals surface area contributed by atoms with E-state index in [9.17, 15) is 0 Å². The van der Waals surface area contributed by atoms with Crippen LogP contribution in [-0.2, 0) is 6.42 Å². The van der Waals surface area contributed by atoms with Crippen LogP contribution in [0.1, 0.15) is 35.9 Å². The maximum Gasteiger partial charge on any atom is 0.0997 e. The SMILES string of the molecule is CCC(N)Cc1ccc(-n2cnc(C)c2C)cc1C. The van der Waals surface area contributed by atoms with Gasteiger partial charge in [0, 0.05) is 17.4 Å². The quantitative estimate of drug-likeness (QED) is 0.914. The van der Waals surface area contributed by atoms with E-state index in [4.69, 9.17) is 5.73 Å². The number of aromatic nitrogens is 2. The Kier molecular flexibility index (Phi) is 4.05. The van der Waals surface area contributed by atoms with Crippen molar-refractivity contribution in [3.05, 3.63) is 47.0 Å². The molecule has 3 heteroatoms. The second-order valence-corrected chi connectivity index (χ2v) is 5.27. The molecule has 1 heterocycles. The fourth-order valence-corrected chi connectivity index (χ4v) is 2.24. The zero-order chi connectivity index (χ0) is 14.0. The summed E-state index contributed by atoms with van der Waals surface area (Å²) in [4.78, 5) is 4.35. The first kappa shape index (κ1) is 13.8. The molecule has 2 rings (SSSR count). The molecule has 1 aromatic heterocycles. The van der Waals surface area contributed by atoms with Gasteiger partial charge in [0.05, 0.1) is 12.0 Å². The van der Waals surface area contributed by atoms with E-state index in [-0.39, 0.29) is 6.04 Å². The van der Waals surface area contributed by atoms with Gasteiger partial charge in [0.15, 0.2) is 0 Å². The van der Waals surface area contributed by atoms with E-state index < -0.39 is 0 Å². The van der Waals surface area contributed by atoms with Crippen molar-refractivity contribution in [1.29, 1.82) is 0 Å². The highest BCUT2D eigenvalue weighted by Gasteiger charge is 2.08. The molecule has 0 saturated carbocycles. The van der Waals surface area contributed by atoms with Gasteiger partial charge in [0.2, 0.25) is 0 Å². The summed E-state index contributed by atoms with van der Waals surface area (Å²) in [5.74, 6) is 0. The van der Waals surface area contributed by atoms with Crippen molar-refractivity contribution >= 4 is 0 Å². The molecular formula is C16H23N3. The van der Waals surface area contributed by atoms with Crippen molar-refractivity contribution in [3.8, 4) is 5.69 Å². The van der Waals surface area contributed by atoms with Gasteiger partial charge in [-0.2, -0.15) is 0 Å². The van der Waals surface area contributed by atoms with E-state index in [1.807, 2.05) is 13.3 Å². The number of rotatable bonds is 4. The Bertz CT molecular complexity index is 569. The fraction of sp³-hybridized carbons (Fsp3) is 0.438. The summed E-state index contributed by atoms with van der Waals surface area (Å²) in [5.41, 5.74) is 12.1. The van der Waals surface area contributed by atoms with E-state index in [0.29, 0.717) is 0 Å². The molecule has 3 nitrogen and oxygen atoms in total. The molecule has 0 aliphatic carbocycles. The molecule has 1 unspecified atom stereocenters. The van der Waals surface area contributed by atoms with Gasteiger partial charge in [-0.15, -0.1) is 0 Å². The highest BCUT2D eigenvalue weighted by molar-refractivity contribution is 5.42. The topological polar surface area (TPSA) is 43.8 Å². The highest BCUT2D eigenvalue weighted by atomic mass is 15.1. The van der Waals surface area contributed by atoms with Gasteiger partial charge in [0.1, 0.15) is 0 Å². The third-order valence-corrected chi connectivity index (χ3v) is 3.86. The largest absolute Gasteiger partial charge is 0.327 e. The molecule has 0 fully saturated rings. The first-order chi connectivity index (χ1) is 9.02. The molecule has 0 aliphatic heterocycles. The second-order valence-electron chi connectivity index (χ2n) is 5.27. The van der Waals surface area contributed by atoms with E-state index >= 15 is 0 Å². The molecule has 0 bridgehead atoms. The van der Waals surface area contributed by atoms with Crippen LogP contribution in [0.5, 0.6) is 0 Å². The maximum absolute atomic E-state index is 6.04. The number of hydrogen-bond donors (Lipinski definition) is 1.